The fourth-order valence-electron chi connectivity index (χ4n) is 3.14. The lowest BCUT2D eigenvalue weighted by atomic mass is 9.75. The third-order valence-electron chi connectivity index (χ3n) is 4.19. The number of aryl methyl sites for hydroxylation is 1. The molecular weight excluding hydrogens is 358 g/mol. The van der Waals surface area contributed by atoms with Crippen LogP contribution in [0.1, 0.15) is 72.8 Å². The summed E-state index contributed by atoms with van der Waals surface area (Å²) in [6, 6.07) is 10.3. The monoisotopic (exact) mass is 403 g/mol. The van der Waals surface area contributed by atoms with Crippen molar-refractivity contribution >= 4 is 5.97 Å². The van der Waals surface area contributed by atoms with E-state index in [1.54, 1.807) is 0 Å². The summed E-state index contributed by atoms with van der Waals surface area (Å²) >= 11 is 0. The molecule has 166 valence electrons. The molecule has 3 nitrogen and oxygen atoms in total. The van der Waals surface area contributed by atoms with Crippen LogP contribution in [0.3, 0.4) is 0 Å². The number of carbonyl (C=O) groups excluding carboxylic acids is 1. The van der Waals surface area contributed by atoms with E-state index in [2.05, 4.69) is 71.3 Å². The maximum Gasteiger partial charge on any atom is 0.325 e. The van der Waals surface area contributed by atoms with Gasteiger partial charge in [-0.2, -0.15) is 0 Å². The molecule has 0 saturated carbocycles. The zero-order chi connectivity index (χ0) is 22.7. The quantitative estimate of drug-likeness (QED) is 0.313. The normalized spacial score (nSPS) is 16.2. The van der Waals surface area contributed by atoms with Gasteiger partial charge in [-0.15, -0.1) is 13.2 Å². The van der Waals surface area contributed by atoms with Crippen molar-refractivity contribution in [1.82, 2.24) is 5.32 Å². The molecule has 1 atom stereocenters. The molecule has 0 saturated heterocycles. The molecule has 0 spiro atoms. The number of unbranched alkanes of at least 4 members (excludes halogenated alkanes) is 1. The average molecular weight is 404 g/mol. The molecule has 1 aromatic rings. The van der Waals surface area contributed by atoms with E-state index in [0.717, 1.165) is 19.3 Å². The lowest BCUT2D eigenvalue weighted by Crippen LogP contribution is -2.30. The van der Waals surface area contributed by atoms with Crippen molar-refractivity contribution in [2.24, 2.45) is 11.3 Å². The predicted octanol–water partition coefficient (Wildman–Crippen LogP) is 7.08. The van der Waals surface area contributed by atoms with Crippen molar-refractivity contribution in [3.63, 3.8) is 0 Å². The second kappa shape index (κ2) is 18.0. The molecule has 0 aromatic heterocycles. The summed E-state index contributed by atoms with van der Waals surface area (Å²) in [5.41, 5.74) is 2.83. The Bertz CT molecular complexity index is 549. The van der Waals surface area contributed by atoms with Gasteiger partial charge in [0.2, 0.25) is 0 Å². The number of carbonyl (C=O) groups is 1. The highest BCUT2D eigenvalue weighted by atomic mass is 16.5. The highest BCUT2D eigenvalue weighted by Gasteiger charge is 2.26. The van der Waals surface area contributed by atoms with Gasteiger partial charge in [-0.05, 0) is 37.5 Å². The summed E-state index contributed by atoms with van der Waals surface area (Å²) in [6.07, 6.45) is 6.46. The van der Waals surface area contributed by atoms with Crippen LogP contribution in [0.5, 0.6) is 0 Å². The predicted molar refractivity (Wildman–Crippen MR) is 128 cm³/mol. The Morgan fingerprint density at radius 2 is 1.79 bits per heavy atom. The Balaban J connectivity index is 0. The Hall–Kier alpha value is -2.03. The number of rotatable bonds is 6. The van der Waals surface area contributed by atoms with Crippen molar-refractivity contribution in [3.8, 4) is 0 Å². The van der Waals surface area contributed by atoms with Crippen LogP contribution in [0.25, 0.3) is 0 Å². The fourth-order valence-corrected chi connectivity index (χ4v) is 3.14. The topological polar surface area (TPSA) is 38.3 Å². The maximum atomic E-state index is 11.5. The van der Waals surface area contributed by atoms with Gasteiger partial charge in [-0.1, -0.05) is 89.9 Å². The largest absolute Gasteiger partial charge is 0.464 e. The molecular formula is C26H45NO2. The highest BCUT2D eigenvalue weighted by Crippen LogP contribution is 2.36. The van der Waals surface area contributed by atoms with E-state index < -0.39 is 0 Å². The van der Waals surface area contributed by atoms with Crippen LogP contribution in [0, 0.1) is 18.3 Å². The van der Waals surface area contributed by atoms with Crippen LogP contribution in [0.15, 0.2) is 55.3 Å². The van der Waals surface area contributed by atoms with E-state index in [0.29, 0.717) is 24.5 Å². The Morgan fingerprint density at radius 3 is 2.24 bits per heavy atom. The minimum Gasteiger partial charge on any atom is -0.464 e. The molecule has 1 aromatic carbocycles. The third kappa shape index (κ3) is 16.6. The summed E-state index contributed by atoms with van der Waals surface area (Å²) in [6.45, 7) is 21.8. The van der Waals surface area contributed by atoms with Crippen LogP contribution < -0.4 is 5.32 Å². The van der Waals surface area contributed by atoms with E-state index in [4.69, 9.17) is 4.74 Å². The Morgan fingerprint density at radius 1 is 1.21 bits per heavy atom. The van der Waals surface area contributed by atoms with Crippen molar-refractivity contribution < 1.29 is 9.53 Å². The third-order valence-corrected chi connectivity index (χ3v) is 4.19. The number of allylic oxidation sites excluding steroid dienone is 2. The van der Waals surface area contributed by atoms with Crippen molar-refractivity contribution in [3.05, 3.63) is 60.8 Å². The minimum atomic E-state index is -0.152. The van der Waals surface area contributed by atoms with Crippen molar-refractivity contribution in [2.45, 2.75) is 74.1 Å². The van der Waals surface area contributed by atoms with Crippen LogP contribution in [-0.4, -0.2) is 19.1 Å². The molecule has 2 rings (SSSR count). The molecule has 29 heavy (non-hydrogen) atoms. The van der Waals surface area contributed by atoms with E-state index in [1.165, 1.54) is 17.7 Å². The zero-order valence-electron chi connectivity index (χ0n) is 20.0. The second-order valence-electron chi connectivity index (χ2n) is 7.80. The molecule has 1 N–H and O–H groups in total. The molecule has 1 aliphatic carbocycles. The molecule has 0 heterocycles. The number of esters is 1. The van der Waals surface area contributed by atoms with Crippen LogP contribution in [0.4, 0.5) is 0 Å². The number of nitrogens with one attached hydrogen (secondary N) is 1. The molecule has 1 aliphatic rings. The average Bonchev–Trinajstić information content (AvgIpc) is 2.69. The fraction of sp³-hybridized carbons (Fsp3) is 0.577. The second-order valence-corrected chi connectivity index (χ2v) is 7.80. The first-order valence-electron chi connectivity index (χ1n) is 10.9. The number of benzene rings is 1. The summed E-state index contributed by atoms with van der Waals surface area (Å²) in [4.78, 5) is 11.5. The molecule has 0 radical (unpaired) electrons. The molecule has 3 heteroatoms. The molecule has 0 amide bonds. The van der Waals surface area contributed by atoms with Gasteiger partial charge in [-0.3, -0.25) is 4.79 Å². The Labute approximate surface area is 180 Å². The van der Waals surface area contributed by atoms with E-state index >= 15 is 0 Å². The van der Waals surface area contributed by atoms with E-state index in [1.807, 2.05) is 32.0 Å². The first-order valence-corrected chi connectivity index (χ1v) is 10.9. The van der Waals surface area contributed by atoms with Gasteiger partial charge in [0.05, 0.1) is 6.61 Å². The lowest BCUT2D eigenvalue weighted by Gasteiger charge is -2.33. The Kier molecular flexibility index (Phi) is 18.1. The van der Waals surface area contributed by atoms with Gasteiger partial charge in [0, 0.05) is 5.70 Å². The molecule has 1 unspecified atom stereocenters. The lowest BCUT2D eigenvalue weighted by molar-refractivity contribution is -0.142. The first kappa shape index (κ1) is 29.2. The van der Waals surface area contributed by atoms with Gasteiger partial charge in [0.15, 0.2) is 0 Å². The number of ether oxygens (including phenoxy) is 1. The number of hydrogen-bond acceptors (Lipinski definition) is 3. The standard InChI is InChI=1S/C15H27NO2.C7H8.C2H6.C2H4/c1-5-6-7-18-14(17)11-16-13-8-12(2)9-15(3,4)10-13;1-7-5-3-2-4-6-7;2*1-2/h8,12,16H,5-7,9-11H2,1-4H3;2-6H,1H3;1-2H3;1-2H2. The maximum absolute atomic E-state index is 11.5. The zero-order valence-corrected chi connectivity index (χ0v) is 20.0. The van der Waals surface area contributed by atoms with E-state index in [-0.39, 0.29) is 5.97 Å². The highest BCUT2D eigenvalue weighted by molar-refractivity contribution is 5.71. The van der Waals surface area contributed by atoms with Gasteiger partial charge in [0.1, 0.15) is 6.54 Å². The summed E-state index contributed by atoms with van der Waals surface area (Å²) in [5, 5.41) is 3.22. The van der Waals surface area contributed by atoms with Crippen LogP contribution in [0.2, 0.25) is 0 Å². The van der Waals surface area contributed by atoms with Gasteiger partial charge in [0.25, 0.3) is 0 Å². The van der Waals surface area contributed by atoms with E-state index in [9.17, 15) is 4.79 Å². The minimum absolute atomic E-state index is 0.152. The molecule has 0 fully saturated rings. The summed E-state index contributed by atoms with van der Waals surface area (Å²) in [7, 11) is 0. The first-order chi connectivity index (χ1) is 13.8. The smallest absolute Gasteiger partial charge is 0.325 e. The van der Waals surface area contributed by atoms with Gasteiger partial charge in [-0.25, -0.2) is 0 Å². The summed E-state index contributed by atoms with van der Waals surface area (Å²) in [5.74, 6) is 0.424. The van der Waals surface area contributed by atoms with Crippen LogP contribution >= 0.6 is 0 Å². The number of hydrogen-bond donors (Lipinski definition) is 1. The van der Waals surface area contributed by atoms with Gasteiger partial charge >= 0.3 is 5.97 Å². The van der Waals surface area contributed by atoms with Crippen molar-refractivity contribution in [1.29, 1.82) is 0 Å². The molecule has 0 bridgehead atoms. The van der Waals surface area contributed by atoms with Gasteiger partial charge < -0.3 is 10.1 Å². The molecule has 0 aliphatic heterocycles. The van der Waals surface area contributed by atoms with Crippen LogP contribution in [-0.2, 0) is 9.53 Å². The summed E-state index contributed by atoms with van der Waals surface area (Å²) < 4.78 is 5.12. The van der Waals surface area contributed by atoms with Crippen molar-refractivity contribution in [2.75, 3.05) is 13.2 Å². The SMILES string of the molecule is C=C.CC.CCCCOC(=O)CNC1=CC(C)CC(C)(C)C1.Cc1ccccc1.